The van der Waals surface area contributed by atoms with E-state index >= 15 is 0 Å². The molecule has 0 atom stereocenters. The molecule has 17 heavy (non-hydrogen) atoms. The fraction of sp³-hybridized carbons (Fsp3) is 0.667. The van der Waals surface area contributed by atoms with E-state index in [0.717, 1.165) is 6.08 Å². The molecule has 1 N–H and O–H groups in total. The Hall–Kier alpha value is -1.05. The van der Waals surface area contributed by atoms with Gasteiger partial charge in [0.2, 0.25) is 0 Å². The second-order valence-electron chi connectivity index (χ2n) is 3.07. The molecule has 0 aromatic rings. The first-order valence-corrected chi connectivity index (χ1v) is 4.55. The highest BCUT2D eigenvalue weighted by molar-refractivity contribution is 6.03. The van der Waals surface area contributed by atoms with Crippen LogP contribution in [0.15, 0.2) is 17.1 Å². The van der Waals surface area contributed by atoms with Crippen LogP contribution in [0, 0.1) is 0 Å². The number of nitrogens with zero attached hydrogens (tertiary/aromatic N) is 1. The number of alkyl halides is 6. The van der Waals surface area contributed by atoms with Gasteiger partial charge in [-0.25, -0.2) is 0 Å². The van der Waals surface area contributed by atoms with E-state index in [4.69, 9.17) is 5.11 Å². The Kier molecular flexibility index (Phi) is 4.76. The molecule has 2 nitrogen and oxygen atoms in total. The zero-order valence-electron chi connectivity index (χ0n) is 9.02. The highest BCUT2D eigenvalue weighted by atomic mass is 19.4. The molecular weight excluding hydrogens is 252 g/mol. The van der Waals surface area contributed by atoms with E-state index in [-0.39, 0.29) is 6.54 Å². The van der Waals surface area contributed by atoms with Crippen LogP contribution in [0.4, 0.5) is 26.3 Å². The Bertz CT molecular complexity index is 300. The number of allylic oxidation sites excluding steroid dienone is 1. The van der Waals surface area contributed by atoms with Crippen LogP contribution in [0.1, 0.15) is 13.8 Å². The second-order valence-corrected chi connectivity index (χ2v) is 3.07. The van der Waals surface area contributed by atoms with E-state index in [9.17, 15) is 26.3 Å². The van der Waals surface area contributed by atoms with Gasteiger partial charge in [0, 0.05) is 6.54 Å². The molecule has 0 aromatic carbocycles. The molecule has 100 valence electrons. The normalized spacial score (nSPS) is 15.7. The van der Waals surface area contributed by atoms with Gasteiger partial charge in [0.1, 0.15) is 0 Å². The van der Waals surface area contributed by atoms with Crippen molar-refractivity contribution in [2.24, 2.45) is 4.99 Å². The lowest BCUT2D eigenvalue weighted by molar-refractivity contribution is -0.337. The first-order chi connectivity index (χ1) is 7.52. The van der Waals surface area contributed by atoms with Gasteiger partial charge in [0.25, 0.3) is 5.60 Å². The number of halogens is 6. The Balaban J connectivity index is 5.87. The summed E-state index contributed by atoms with van der Waals surface area (Å²) in [6.07, 6.45) is -10.3. The molecule has 8 heteroatoms. The standard InChI is InChI=1S/C9H11F6NO/c1-3-5-6(16-4-2)7(17,8(10,11)12)9(13,14)15/h3,5,17H,4H2,1-2H3/b5-3-,16-6+. The summed E-state index contributed by atoms with van der Waals surface area (Å²) >= 11 is 0. The third kappa shape index (κ3) is 2.99. The lowest BCUT2D eigenvalue weighted by Gasteiger charge is -2.32. The smallest absolute Gasteiger partial charge is 0.368 e. The molecule has 0 saturated heterocycles. The average molecular weight is 263 g/mol. The van der Waals surface area contributed by atoms with Gasteiger partial charge in [-0.1, -0.05) is 6.08 Å². The van der Waals surface area contributed by atoms with Crippen LogP contribution in [-0.4, -0.2) is 35.3 Å². The van der Waals surface area contributed by atoms with Crippen molar-refractivity contribution in [3.8, 4) is 0 Å². The first-order valence-electron chi connectivity index (χ1n) is 4.55. The molecule has 0 aliphatic heterocycles. The summed E-state index contributed by atoms with van der Waals surface area (Å²) in [5.41, 5.74) is -6.41. The Labute approximate surface area is 93.7 Å². The van der Waals surface area contributed by atoms with Crippen molar-refractivity contribution < 1.29 is 31.4 Å². The third-order valence-corrected chi connectivity index (χ3v) is 1.84. The third-order valence-electron chi connectivity index (χ3n) is 1.84. The van der Waals surface area contributed by atoms with Gasteiger partial charge in [-0.05, 0) is 19.9 Å². The predicted octanol–water partition coefficient (Wildman–Crippen LogP) is 2.88. The summed E-state index contributed by atoms with van der Waals surface area (Å²) in [6.45, 7) is 2.17. The van der Waals surface area contributed by atoms with Crippen LogP contribution in [-0.2, 0) is 0 Å². The van der Waals surface area contributed by atoms with Gasteiger partial charge in [-0.15, -0.1) is 0 Å². The summed E-state index contributed by atoms with van der Waals surface area (Å²) in [5, 5.41) is 8.97. The first kappa shape index (κ1) is 16.0. The van der Waals surface area contributed by atoms with Crippen molar-refractivity contribution in [2.75, 3.05) is 6.54 Å². The summed E-state index contributed by atoms with van der Waals surface area (Å²) in [5.74, 6) is 0. The molecule has 0 aliphatic carbocycles. The summed E-state index contributed by atoms with van der Waals surface area (Å²) in [4.78, 5) is 3.06. The fourth-order valence-electron chi connectivity index (χ4n) is 1.07. The topological polar surface area (TPSA) is 32.6 Å². The van der Waals surface area contributed by atoms with Gasteiger partial charge in [0.05, 0.1) is 5.71 Å². The molecule has 0 fully saturated rings. The molecule has 0 amide bonds. The van der Waals surface area contributed by atoms with Gasteiger partial charge in [-0.3, -0.25) is 4.99 Å². The largest absolute Gasteiger partial charge is 0.432 e. The molecule has 0 radical (unpaired) electrons. The fourth-order valence-corrected chi connectivity index (χ4v) is 1.07. The van der Waals surface area contributed by atoms with E-state index < -0.39 is 23.7 Å². The van der Waals surface area contributed by atoms with Crippen LogP contribution in [0.25, 0.3) is 0 Å². The van der Waals surface area contributed by atoms with Crippen LogP contribution >= 0.6 is 0 Å². The molecule has 0 rings (SSSR count). The Morgan fingerprint density at radius 2 is 1.53 bits per heavy atom. The molecule has 0 spiro atoms. The molecule has 0 saturated carbocycles. The Morgan fingerprint density at radius 1 is 1.12 bits per heavy atom. The minimum atomic E-state index is -5.89. The molecule has 0 bridgehead atoms. The molecule has 0 aromatic heterocycles. The maximum absolute atomic E-state index is 12.4. The highest BCUT2D eigenvalue weighted by Gasteiger charge is 2.72. The monoisotopic (exact) mass is 263 g/mol. The molecule has 0 unspecified atom stereocenters. The number of rotatable bonds is 3. The zero-order chi connectivity index (χ0) is 13.9. The van der Waals surface area contributed by atoms with Crippen molar-refractivity contribution in [3.63, 3.8) is 0 Å². The van der Waals surface area contributed by atoms with E-state index in [0.29, 0.717) is 6.08 Å². The predicted molar refractivity (Wildman–Crippen MR) is 49.8 cm³/mol. The van der Waals surface area contributed by atoms with Gasteiger partial charge in [-0.2, -0.15) is 26.3 Å². The van der Waals surface area contributed by atoms with E-state index in [1.165, 1.54) is 13.8 Å². The quantitative estimate of drug-likeness (QED) is 0.616. The van der Waals surface area contributed by atoms with Crippen LogP contribution in [0.3, 0.4) is 0 Å². The van der Waals surface area contributed by atoms with Crippen molar-refractivity contribution in [1.29, 1.82) is 0 Å². The number of aliphatic hydroxyl groups is 1. The van der Waals surface area contributed by atoms with Crippen molar-refractivity contribution >= 4 is 5.71 Å². The number of aliphatic imine (C=N–C) groups is 1. The zero-order valence-corrected chi connectivity index (χ0v) is 9.02. The summed E-state index contributed by atoms with van der Waals surface area (Å²) in [6, 6.07) is 0. The lowest BCUT2D eigenvalue weighted by Crippen LogP contribution is -2.62. The second kappa shape index (κ2) is 5.07. The summed E-state index contributed by atoms with van der Waals surface area (Å²) < 4.78 is 74.5. The van der Waals surface area contributed by atoms with Crippen molar-refractivity contribution in [3.05, 3.63) is 12.2 Å². The minimum Gasteiger partial charge on any atom is -0.368 e. The lowest BCUT2D eigenvalue weighted by atomic mass is 9.95. The molecule has 0 heterocycles. The van der Waals surface area contributed by atoms with Crippen molar-refractivity contribution in [2.45, 2.75) is 31.8 Å². The van der Waals surface area contributed by atoms with E-state index in [1.807, 2.05) is 0 Å². The molecular formula is C9H11F6NO. The Morgan fingerprint density at radius 3 is 1.76 bits per heavy atom. The summed E-state index contributed by atoms with van der Waals surface area (Å²) in [7, 11) is 0. The van der Waals surface area contributed by atoms with E-state index in [2.05, 4.69) is 4.99 Å². The van der Waals surface area contributed by atoms with Gasteiger partial charge in [0.15, 0.2) is 0 Å². The van der Waals surface area contributed by atoms with Gasteiger partial charge < -0.3 is 5.11 Å². The number of hydrogen-bond acceptors (Lipinski definition) is 2. The van der Waals surface area contributed by atoms with Crippen LogP contribution in [0.5, 0.6) is 0 Å². The van der Waals surface area contributed by atoms with Crippen LogP contribution in [0.2, 0.25) is 0 Å². The average Bonchev–Trinajstić information content (AvgIpc) is 2.12. The maximum Gasteiger partial charge on any atom is 0.432 e. The van der Waals surface area contributed by atoms with E-state index in [1.54, 1.807) is 0 Å². The van der Waals surface area contributed by atoms with Crippen LogP contribution < -0.4 is 0 Å². The highest BCUT2D eigenvalue weighted by Crippen LogP contribution is 2.44. The van der Waals surface area contributed by atoms with Gasteiger partial charge >= 0.3 is 12.4 Å². The molecule has 0 aliphatic rings. The minimum absolute atomic E-state index is 0.311. The number of hydrogen-bond donors (Lipinski definition) is 1. The maximum atomic E-state index is 12.4. The van der Waals surface area contributed by atoms with Crippen molar-refractivity contribution in [1.82, 2.24) is 0 Å². The SMILES string of the molecule is C/C=C\C(=N/CC)C(O)(C(F)(F)F)C(F)(F)F.